The number of thiazole rings is 1. The van der Waals surface area contributed by atoms with E-state index in [1.54, 1.807) is 18.4 Å². The molecular formula is C12H12BrClN2OS. The van der Waals surface area contributed by atoms with Crippen molar-refractivity contribution in [2.45, 2.75) is 13.5 Å². The van der Waals surface area contributed by atoms with E-state index in [0.717, 1.165) is 21.6 Å². The second kappa shape index (κ2) is 5.91. The zero-order valence-corrected chi connectivity index (χ0v) is 13.1. The average molecular weight is 348 g/mol. The van der Waals surface area contributed by atoms with Crippen molar-refractivity contribution in [3.05, 3.63) is 37.7 Å². The number of aromatic nitrogens is 1. The van der Waals surface area contributed by atoms with Crippen molar-refractivity contribution >= 4 is 44.6 Å². The molecule has 2 rings (SSSR count). The number of rotatable bonds is 4. The van der Waals surface area contributed by atoms with Crippen molar-refractivity contribution in [1.82, 2.24) is 4.98 Å². The first-order valence-electron chi connectivity index (χ1n) is 5.27. The van der Waals surface area contributed by atoms with Gasteiger partial charge in [-0.15, -0.1) is 11.3 Å². The molecule has 1 heterocycles. The number of nitrogens with one attached hydrogen (secondary N) is 1. The van der Waals surface area contributed by atoms with Crippen molar-refractivity contribution in [3.63, 3.8) is 0 Å². The maximum atomic E-state index is 6.04. The summed E-state index contributed by atoms with van der Waals surface area (Å²) < 4.78 is 6.19. The molecule has 0 bridgehead atoms. The highest BCUT2D eigenvalue weighted by molar-refractivity contribution is 9.10. The first-order valence-corrected chi connectivity index (χ1v) is 7.32. The third-order valence-electron chi connectivity index (χ3n) is 2.50. The molecule has 3 nitrogen and oxygen atoms in total. The molecule has 0 spiro atoms. The molecule has 0 saturated carbocycles. The molecular weight excluding hydrogens is 336 g/mol. The highest BCUT2D eigenvalue weighted by Crippen LogP contribution is 2.36. The van der Waals surface area contributed by atoms with Crippen LogP contribution in [0.15, 0.2) is 22.1 Å². The zero-order valence-electron chi connectivity index (χ0n) is 9.96. The minimum Gasteiger partial charge on any atom is -0.493 e. The molecule has 0 fully saturated rings. The second-order valence-corrected chi connectivity index (χ2v) is 5.91. The van der Waals surface area contributed by atoms with Gasteiger partial charge in [0.2, 0.25) is 0 Å². The summed E-state index contributed by atoms with van der Waals surface area (Å²) in [6, 6.07) is 3.66. The molecule has 96 valence electrons. The van der Waals surface area contributed by atoms with Gasteiger partial charge in [-0.25, -0.2) is 4.98 Å². The first-order chi connectivity index (χ1) is 8.61. The van der Waals surface area contributed by atoms with Gasteiger partial charge in [-0.1, -0.05) is 11.6 Å². The minimum atomic E-state index is 0.659. The second-order valence-electron chi connectivity index (χ2n) is 3.68. The normalized spacial score (nSPS) is 10.4. The number of hydrogen-bond acceptors (Lipinski definition) is 4. The van der Waals surface area contributed by atoms with Gasteiger partial charge in [0.1, 0.15) is 0 Å². The Kier molecular flexibility index (Phi) is 4.48. The van der Waals surface area contributed by atoms with Crippen LogP contribution in [0, 0.1) is 6.92 Å². The Bertz CT molecular complexity index is 559. The molecule has 18 heavy (non-hydrogen) atoms. The van der Waals surface area contributed by atoms with Gasteiger partial charge in [-0.2, -0.15) is 0 Å². The Morgan fingerprint density at radius 1 is 1.50 bits per heavy atom. The number of anilines is 1. The number of ether oxygens (including phenoxy) is 1. The van der Waals surface area contributed by atoms with Gasteiger partial charge in [-0.3, -0.25) is 0 Å². The molecule has 1 N–H and O–H groups in total. The van der Waals surface area contributed by atoms with E-state index in [1.807, 2.05) is 24.6 Å². The lowest BCUT2D eigenvalue weighted by Gasteiger charge is -2.13. The SMILES string of the molecule is COc1c(Br)cc(Cl)cc1NCc1scnc1C. The van der Waals surface area contributed by atoms with E-state index in [2.05, 4.69) is 26.2 Å². The maximum Gasteiger partial charge on any atom is 0.156 e. The fraction of sp³-hybridized carbons (Fsp3) is 0.250. The summed E-state index contributed by atoms with van der Waals surface area (Å²) in [4.78, 5) is 5.42. The minimum absolute atomic E-state index is 0.659. The van der Waals surface area contributed by atoms with Crippen LogP contribution in [0.5, 0.6) is 5.75 Å². The molecule has 0 atom stereocenters. The van der Waals surface area contributed by atoms with Gasteiger partial charge in [0.15, 0.2) is 5.75 Å². The van der Waals surface area contributed by atoms with Crippen LogP contribution in [0.1, 0.15) is 10.6 Å². The number of benzene rings is 1. The number of hydrogen-bond donors (Lipinski definition) is 1. The topological polar surface area (TPSA) is 34.1 Å². The van der Waals surface area contributed by atoms with Gasteiger partial charge in [0.25, 0.3) is 0 Å². The van der Waals surface area contributed by atoms with Crippen LogP contribution >= 0.6 is 38.9 Å². The number of halogens is 2. The molecule has 0 aliphatic carbocycles. The summed E-state index contributed by atoms with van der Waals surface area (Å²) in [5, 5.41) is 3.98. The molecule has 0 saturated heterocycles. The molecule has 1 aromatic heterocycles. The zero-order chi connectivity index (χ0) is 13.1. The Hall–Kier alpha value is -0.780. The van der Waals surface area contributed by atoms with Crippen molar-refractivity contribution in [2.24, 2.45) is 0 Å². The predicted octanol–water partition coefficient (Wildman–Crippen LogP) is 4.49. The van der Waals surface area contributed by atoms with Gasteiger partial charge in [-0.05, 0) is 35.0 Å². The summed E-state index contributed by atoms with van der Waals surface area (Å²) in [6.45, 7) is 2.71. The summed E-state index contributed by atoms with van der Waals surface area (Å²) in [5.41, 5.74) is 3.76. The monoisotopic (exact) mass is 346 g/mol. The highest BCUT2D eigenvalue weighted by Gasteiger charge is 2.10. The van der Waals surface area contributed by atoms with Gasteiger partial charge < -0.3 is 10.1 Å². The molecule has 6 heteroatoms. The smallest absolute Gasteiger partial charge is 0.156 e. The summed E-state index contributed by atoms with van der Waals surface area (Å²) in [7, 11) is 1.64. The number of nitrogens with zero attached hydrogens (tertiary/aromatic N) is 1. The molecule has 0 radical (unpaired) electrons. The number of methoxy groups -OCH3 is 1. The standard InChI is InChI=1S/C12H12BrClN2OS/c1-7-11(18-6-16-7)5-15-10-4-8(14)3-9(13)12(10)17-2/h3-4,6,15H,5H2,1-2H3. The third-order valence-corrected chi connectivity index (χ3v) is 4.24. The first kappa shape index (κ1) is 13.6. The maximum absolute atomic E-state index is 6.04. The summed E-state index contributed by atoms with van der Waals surface area (Å²) in [5.74, 6) is 0.751. The van der Waals surface area contributed by atoms with Gasteiger partial charge >= 0.3 is 0 Å². The van der Waals surface area contributed by atoms with Gasteiger partial charge in [0.05, 0.1) is 35.0 Å². The van der Waals surface area contributed by atoms with E-state index in [1.165, 1.54) is 4.88 Å². The van der Waals surface area contributed by atoms with Crippen molar-refractivity contribution in [1.29, 1.82) is 0 Å². The molecule has 1 aromatic carbocycles. The summed E-state index contributed by atoms with van der Waals surface area (Å²) in [6.07, 6.45) is 0. The molecule has 0 aliphatic heterocycles. The van der Waals surface area contributed by atoms with Crippen molar-refractivity contribution in [2.75, 3.05) is 12.4 Å². The third kappa shape index (κ3) is 2.96. The lowest BCUT2D eigenvalue weighted by molar-refractivity contribution is 0.414. The van der Waals surface area contributed by atoms with Crippen molar-refractivity contribution in [3.8, 4) is 5.75 Å². The van der Waals surface area contributed by atoms with Crippen LogP contribution in [-0.4, -0.2) is 12.1 Å². The average Bonchev–Trinajstić information content (AvgIpc) is 2.71. The Morgan fingerprint density at radius 2 is 2.28 bits per heavy atom. The Morgan fingerprint density at radius 3 is 2.89 bits per heavy atom. The van der Waals surface area contributed by atoms with E-state index in [9.17, 15) is 0 Å². The fourth-order valence-corrected chi connectivity index (χ4v) is 3.26. The largest absolute Gasteiger partial charge is 0.493 e. The van der Waals surface area contributed by atoms with Crippen LogP contribution in [0.4, 0.5) is 5.69 Å². The van der Waals surface area contributed by atoms with Gasteiger partial charge in [0, 0.05) is 9.90 Å². The van der Waals surface area contributed by atoms with E-state index < -0.39 is 0 Å². The highest BCUT2D eigenvalue weighted by atomic mass is 79.9. The van der Waals surface area contributed by atoms with E-state index in [4.69, 9.17) is 16.3 Å². The Labute approximate surface area is 123 Å². The van der Waals surface area contributed by atoms with E-state index >= 15 is 0 Å². The quantitative estimate of drug-likeness (QED) is 0.885. The van der Waals surface area contributed by atoms with Crippen LogP contribution in [0.2, 0.25) is 5.02 Å². The number of aryl methyl sites for hydroxylation is 1. The van der Waals surface area contributed by atoms with Crippen molar-refractivity contribution < 1.29 is 4.74 Å². The van der Waals surface area contributed by atoms with Crippen LogP contribution in [0.3, 0.4) is 0 Å². The fourth-order valence-electron chi connectivity index (χ4n) is 1.57. The lowest BCUT2D eigenvalue weighted by Crippen LogP contribution is -2.01. The molecule has 2 aromatic rings. The summed E-state index contributed by atoms with van der Waals surface area (Å²) >= 11 is 11.1. The lowest BCUT2D eigenvalue weighted by atomic mass is 10.3. The van der Waals surface area contributed by atoms with E-state index in [0.29, 0.717) is 11.6 Å². The van der Waals surface area contributed by atoms with Crippen LogP contribution in [-0.2, 0) is 6.54 Å². The molecule has 0 unspecified atom stereocenters. The molecule has 0 aliphatic rings. The van der Waals surface area contributed by atoms with E-state index in [-0.39, 0.29) is 0 Å². The van der Waals surface area contributed by atoms with Crippen LogP contribution in [0.25, 0.3) is 0 Å². The predicted molar refractivity (Wildman–Crippen MR) is 79.9 cm³/mol. The van der Waals surface area contributed by atoms with Crippen LogP contribution < -0.4 is 10.1 Å². The molecule has 0 amide bonds. The Balaban J connectivity index is 2.21.